The minimum absolute atomic E-state index is 0.171. The van der Waals surface area contributed by atoms with E-state index in [1.54, 1.807) is 12.1 Å². The van der Waals surface area contributed by atoms with E-state index in [-0.39, 0.29) is 17.3 Å². The van der Waals surface area contributed by atoms with E-state index in [0.717, 1.165) is 4.70 Å². The predicted octanol–water partition coefficient (Wildman–Crippen LogP) is 1.93. The number of benzene rings is 1. The highest BCUT2D eigenvalue weighted by molar-refractivity contribution is 7.21. The highest BCUT2D eigenvalue weighted by atomic mass is 32.1. The first-order valence-corrected chi connectivity index (χ1v) is 6.21. The summed E-state index contributed by atoms with van der Waals surface area (Å²) in [7, 11) is 0. The van der Waals surface area contributed by atoms with E-state index in [4.69, 9.17) is 11.5 Å². The molecule has 0 bridgehead atoms. The van der Waals surface area contributed by atoms with Gasteiger partial charge in [-0.3, -0.25) is 0 Å². The molecule has 0 aliphatic rings. The van der Waals surface area contributed by atoms with Gasteiger partial charge in [0, 0.05) is 5.56 Å². The van der Waals surface area contributed by atoms with Gasteiger partial charge in [-0.15, -0.1) is 11.3 Å². The van der Waals surface area contributed by atoms with Crippen LogP contribution in [0.4, 0.5) is 11.6 Å². The van der Waals surface area contributed by atoms with Gasteiger partial charge in [0.1, 0.15) is 16.3 Å². The number of nitrogens with zero attached hydrogens (tertiary/aromatic N) is 2. The van der Waals surface area contributed by atoms with Crippen LogP contribution in [0, 0.1) is 0 Å². The molecule has 0 saturated carbocycles. The van der Waals surface area contributed by atoms with E-state index < -0.39 is 0 Å². The molecular weight excluding hydrogens is 264 g/mol. The Morgan fingerprint density at radius 2 is 1.79 bits per heavy atom. The van der Waals surface area contributed by atoms with Crippen molar-refractivity contribution in [2.75, 3.05) is 11.5 Å². The number of phenolic OH excluding ortho intramolecular Hbond substituents is 2. The molecule has 6 N–H and O–H groups in total. The van der Waals surface area contributed by atoms with Gasteiger partial charge in [-0.2, -0.15) is 0 Å². The summed E-state index contributed by atoms with van der Waals surface area (Å²) in [5, 5.41) is 19.5. The van der Waals surface area contributed by atoms with Crippen molar-refractivity contribution in [3.8, 4) is 22.1 Å². The van der Waals surface area contributed by atoms with Gasteiger partial charge in [-0.25, -0.2) is 9.97 Å². The number of aromatic hydroxyl groups is 2. The number of nitrogen functional groups attached to an aromatic ring is 2. The molecular formula is C12H10N4O2S. The standard InChI is InChI=1S/C12H10N4O2S/c13-9-4-8-10(11(14)15-9)16-12(19-8)5-1-2-6(17)7(18)3-5/h1-4,17-18H,(H4,13,14,15). The summed E-state index contributed by atoms with van der Waals surface area (Å²) in [6, 6.07) is 6.22. The van der Waals surface area contributed by atoms with E-state index >= 15 is 0 Å². The highest BCUT2D eigenvalue weighted by Gasteiger charge is 2.11. The van der Waals surface area contributed by atoms with Crippen molar-refractivity contribution in [2.45, 2.75) is 0 Å². The smallest absolute Gasteiger partial charge is 0.158 e. The van der Waals surface area contributed by atoms with Crippen LogP contribution < -0.4 is 11.5 Å². The molecule has 0 saturated heterocycles. The summed E-state index contributed by atoms with van der Waals surface area (Å²) in [5.41, 5.74) is 12.7. The normalized spacial score (nSPS) is 10.9. The Morgan fingerprint density at radius 3 is 2.53 bits per heavy atom. The molecule has 0 spiro atoms. The topological polar surface area (TPSA) is 118 Å². The van der Waals surface area contributed by atoms with Crippen LogP contribution in [-0.4, -0.2) is 20.2 Å². The fourth-order valence-corrected chi connectivity index (χ4v) is 2.77. The number of pyridine rings is 1. The molecule has 3 aromatic rings. The SMILES string of the molecule is Nc1cc2sc(-c3ccc(O)c(O)c3)nc2c(N)n1. The van der Waals surface area contributed by atoms with Crippen LogP contribution in [0.25, 0.3) is 20.8 Å². The lowest BCUT2D eigenvalue weighted by Gasteiger charge is -1.99. The first-order valence-electron chi connectivity index (χ1n) is 5.39. The molecule has 7 heteroatoms. The number of aromatic nitrogens is 2. The third-order valence-electron chi connectivity index (χ3n) is 2.65. The van der Waals surface area contributed by atoms with Crippen LogP contribution >= 0.6 is 11.3 Å². The Labute approximate surface area is 112 Å². The summed E-state index contributed by atoms with van der Waals surface area (Å²) < 4.78 is 0.826. The first kappa shape index (κ1) is 11.5. The van der Waals surface area contributed by atoms with Crippen LogP contribution in [0.15, 0.2) is 24.3 Å². The lowest BCUT2D eigenvalue weighted by molar-refractivity contribution is 0.404. The molecule has 0 radical (unpaired) electrons. The maximum absolute atomic E-state index is 9.50. The zero-order chi connectivity index (χ0) is 13.6. The van der Waals surface area contributed by atoms with Crippen LogP contribution in [0.3, 0.4) is 0 Å². The molecule has 0 aliphatic carbocycles. The molecule has 19 heavy (non-hydrogen) atoms. The molecule has 2 heterocycles. The second kappa shape index (κ2) is 3.99. The third kappa shape index (κ3) is 1.89. The van der Waals surface area contributed by atoms with E-state index in [2.05, 4.69) is 9.97 Å². The summed E-state index contributed by atoms with van der Waals surface area (Å²) in [6.45, 7) is 0. The van der Waals surface area contributed by atoms with Gasteiger partial charge in [0.2, 0.25) is 0 Å². The van der Waals surface area contributed by atoms with Crippen LogP contribution in [0.2, 0.25) is 0 Å². The fourth-order valence-electron chi connectivity index (χ4n) is 1.75. The molecule has 0 fully saturated rings. The summed E-state index contributed by atoms with van der Waals surface area (Å²) in [4.78, 5) is 8.33. The van der Waals surface area contributed by atoms with Crippen molar-refractivity contribution in [1.82, 2.24) is 9.97 Å². The van der Waals surface area contributed by atoms with Gasteiger partial charge in [-0.05, 0) is 24.3 Å². The Kier molecular flexibility index (Phi) is 2.42. The summed E-state index contributed by atoms with van der Waals surface area (Å²) in [6.07, 6.45) is 0. The number of hydrogen-bond donors (Lipinski definition) is 4. The first-order chi connectivity index (χ1) is 9.04. The lowest BCUT2D eigenvalue weighted by atomic mass is 10.2. The van der Waals surface area contributed by atoms with Gasteiger partial charge in [0.15, 0.2) is 17.3 Å². The molecule has 0 aliphatic heterocycles. The Balaban J connectivity index is 2.20. The van der Waals surface area contributed by atoms with Gasteiger partial charge in [-0.1, -0.05) is 0 Å². The van der Waals surface area contributed by atoms with E-state index in [1.165, 1.54) is 23.5 Å². The van der Waals surface area contributed by atoms with Crippen LogP contribution in [0.1, 0.15) is 0 Å². The van der Waals surface area contributed by atoms with Gasteiger partial charge in [0.05, 0.1) is 4.70 Å². The maximum Gasteiger partial charge on any atom is 0.158 e. The zero-order valence-corrected chi connectivity index (χ0v) is 10.5. The average molecular weight is 274 g/mol. The van der Waals surface area contributed by atoms with Crippen molar-refractivity contribution in [2.24, 2.45) is 0 Å². The molecule has 96 valence electrons. The van der Waals surface area contributed by atoms with Gasteiger partial charge < -0.3 is 21.7 Å². The molecule has 6 nitrogen and oxygen atoms in total. The Hall–Kier alpha value is -2.54. The van der Waals surface area contributed by atoms with Crippen molar-refractivity contribution in [1.29, 1.82) is 0 Å². The van der Waals surface area contributed by atoms with Gasteiger partial charge in [0.25, 0.3) is 0 Å². The van der Waals surface area contributed by atoms with Crippen molar-refractivity contribution in [3.05, 3.63) is 24.3 Å². The third-order valence-corrected chi connectivity index (χ3v) is 3.70. The second-order valence-corrected chi connectivity index (χ2v) is 5.03. The molecule has 0 unspecified atom stereocenters. The number of hydrogen-bond acceptors (Lipinski definition) is 7. The second-order valence-electron chi connectivity index (χ2n) is 4.00. The van der Waals surface area contributed by atoms with Crippen LogP contribution in [-0.2, 0) is 0 Å². The minimum atomic E-state index is -0.192. The van der Waals surface area contributed by atoms with E-state index in [9.17, 15) is 10.2 Å². The number of fused-ring (bicyclic) bond motifs is 1. The van der Waals surface area contributed by atoms with Gasteiger partial charge >= 0.3 is 0 Å². The highest BCUT2D eigenvalue weighted by Crippen LogP contribution is 2.36. The molecule has 2 aromatic heterocycles. The van der Waals surface area contributed by atoms with Crippen LogP contribution in [0.5, 0.6) is 11.5 Å². The number of phenols is 2. The quantitative estimate of drug-likeness (QED) is 0.503. The zero-order valence-electron chi connectivity index (χ0n) is 9.66. The Bertz CT molecular complexity index is 785. The monoisotopic (exact) mass is 274 g/mol. The van der Waals surface area contributed by atoms with Crippen molar-refractivity contribution in [3.63, 3.8) is 0 Å². The predicted molar refractivity (Wildman–Crippen MR) is 75.0 cm³/mol. The number of anilines is 2. The number of nitrogens with two attached hydrogens (primary N) is 2. The maximum atomic E-state index is 9.50. The van der Waals surface area contributed by atoms with E-state index in [0.29, 0.717) is 21.9 Å². The van der Waals surface area contributed by atoms with E-state index in [1.807, 2.05) is 0 Å². The fraction of sp³-hybridized carbons (Fsp3) is 0. The average Bonchev–Trinajstić information content (AvgIpc) is 2.76. The molecule has 1 aromatic carbocycles. The Morgan fingerprint density at radius 1 is 1.00 bits per heavy atom. The van der Waals surface area contributed by atoms with Crippen molar-refractivity contribution >= 4 is 33.2 Å². The summed E-state index contributed by atoms with van der Waals surface area (Å²) in [5.74, 6) is 0.256. The molecule has 3 rings (SSSR count). The minimum Gasteiger partial charge on any atom is -0.504 e. The molecule has 0 amide bonds. The summed E-state index contributed by atoms with van der Waals surface area (Å²) >= 11 is 1.39. The number of thiazole rings is 1. The molecule has 0 atom stereocenters. The largest absolute Gasteiger partial charge is 0.504 e. The lowest BCUT2D eigenvalue weighted by Crippen LogP contribution is -1.96. The van der Waals surface area contributed by atoms with Crippen molar-refractivity contribution < 1.29 is 10.2 Å². The number of rotatable bonds is 1.